The van der Waals surface area contributed by atoms with Gasteiger partial charge in [-0.25, -0.2) is 0 Å². The van der Waals surface area contributed by atoms with Gasteiger partial charge in [0.15, 0.2) is 0 Å². The number of aliphatic carboxylic acids is 1. The summed E-state index contributed by atoms with van der Waals surface area (Å²) in [5, 5.41) is 24.2. The van der Waals surface area contributed by atoms with E-state index in [0.717, 1.165) is 6.92 Å². The molecule has 82 valence electrons. The molecule has 0 aliphatic heterocycles. The lowest BCUT2D eigenvalue weighted by Crippen LogP contribution is -2.17. The first-order chi connectivity index (χ1) is 5.79. The third-order valence-electron chi connectivity index (χ3n) is 0.698. The lowest BCUT2D eigenvalue weighted by Gasteiger charge is -2.03. The maximum atomic E-state index is 9.00. The summed E-state index contributed by atoms with van der Waals surface area (Å²) in [4.78, 5) is 9.00. The van der Waals surface area contributed by atoms with Crippen LogP contribution in [0.4, 0.5) is 0 Å². The van der Waals surface area contributed by atoms with E-state index in [9.17, 15) is 0 Å². The van der Waals surface area contributed by atoms with E-state index in [1.54, 1.807) is 28.1 Å². The van der Waals surface area contributed by atoms with Gasteiger partial charge in [-0.1, -0.05) is 0 Å². The summed E-state index contributed by atoms with van der Waals surface area (Å²) in [6.07, 6.45) is -1.19. The van der Waals surface area contributed by atoms with Gasteiger partial charge < -0.3 is 20.1 Å². The first-order valence-corrected chi connectivity index (χ1v) is 3.75. The number of aliphatic hydroxyl groups excluding tert-OH is 2. The van der Waals surface area contributed by atoms with Crippen molar-refractivity contribution in [2.45, 2.75) is 33.0 Å². The fourth-order valence-corrected chi connectivity index (χ4v) is 0. The minimum atomic E-state index is -0.833. The Hall–Kier alpha value is -0.650. The zero-order valence-electron chi connectivity index (χ0n) is 8.81. The van der Waals surface area contributed by atoms with Gasteiger partial charge in [0.1, 0.15) is 0 Å². The standard InChI is InChI=1S/C4H10O2.C2H4O2.C2H6O/c1-3(5)4(2)6;1-2(3)4;1-3-2/h3-6H,1-2H3;1H3,(H,3,4);1-2H3. The molecule has 0 bridgehead atoms. The second-order valence-corrected chi connectivity index (χ2v) is 2.41. The lowest BCUT2D eigenvalue weighted by molar-refractivity contribution is -0.134. The van der Waals surface area contributed by atoms with Crippen LogP contribution >= 0.6 is 0 Å². The number of hydrogen-bond donors (Lipinski definition) is 3. The van der Waals surface area contributed by atoms with Crippen LogP contribution in [0.15, 0.2) is 0 Å². The van der Waals surface area contributed by atoms with Crippen molar-refractivity contribution in [1.29, 1.82) is 0 Å². The number of carbonyl (C=O) groups is 1. The highest BCUT2D eigenvalue weighted by Gasteiger charge is 1.99. The van der Waals surface area contributed by atoms with Gasteiger partial charge in [-0.3, -0.25) is 4.79 Å². The molecule has 0 amide bonds. The summed E-state index contributed by atoms with van der Waals surface area (Å²) < 4.78 is 4.25. The van der Waals surface area contributed by atoms with Gasteiger partial charge in [0.05, 0.1) is 12.2 Å². The lowest BCUT2D eigenvalue weighted by atomic mass is 10.3. The fraction of sp³-hybridized carbons (Fsp3) is 0.875. The van der Waals surface area contributed by atoms with E-state index in [1.165, 1.54) is 0 Å². The average Bonchev–Trinajstić information content (AvgIpc) is 1.87. The van der Waals surface area contributed by atoms with Gasteiger partial charge in [-0.15, -0.1) is 0 Å². The van der Waals surface area contributed by atoms with Gasteiger partial charge in [0, 0.05) is 21.1 Å². The number of aliphatic hydroxyl groups is 2. The van der Waals surface area contributed by atoms with E-state index in [1.807, 2.05) is 0 Å². The average molecular weight is 196 g/mol. The molecule has 0 aromatic rings. The molecule has 0 aliphatic carbocycles. The van der Waals surface area contributed by atoms with Crippen LogP contribution in [0.1, 0.15) is 20.8 Å². The van der Waals surface area contributed by atoms with Gasteiger partial charge >= 0.3 is 0 Å². The molecule has 0 spiro atoms. The quantitative estimate of drug-likeness (QED) is 0.553. The molecule has 2 unspecified atom stereocenters. The van der Waals surface area contributed by atoms with E-state index in [-0.39, 0.29) is 0 Å². The third-order valence-corrected chi connectivity index (χ3v) is 0.698. The molecule has 0 aromatic heterocycles. The van der Waals surface area contributed by atoms with E-state index >= 15 is 0 Å². The maximum Gasteiger partial charge on any atom is 0.300 e. The normalized spacial score (nSPS) is 12.5. The Balaban J connectivity index is -0.000000125. The van der Waals surface area contributed by atoms with E-state index in [4.69, 9.17) is 20.1 Å². The predicted molar refractivity (Wildman–Crippen MR) is 49.6 cm³/mol. The van der Waals surface area contributed by atoms with Crippen LogP contribution < -0.4 is 0 Å². The molecule has 0 rings (SSSR count). The molecule has 0 aliphatic rings. The summed E-state index contributed by atoms with van der Waals surface area (Å²) in [5.41, 5.74) is 0. The van der Waals surface area contributed by atoms with Crippen LogP contribution in [0.5, 0.6) is 0 Å². The summed E-state index contributed by atoms with van der Waals surface area (Å²) in [7, 11) is 3.25. The number of hydrogen-bond acceptors (Lipinski definition) is 4. The summed E-state index contributed by atoms with van der Waals surface area (Å²) >= 11 is 0. The second kappa shape index (κ2) is 13.9. The van der Waals surface area contributed by atoms with Crippen LogP contribution in [-0.2, 0) is 9.53 Å². The SMILES string of the molecule is CC(=O)O.CC(O)C(C)O.COC. The molecule has 2 atom stereocenters. The molecule has 5 nitrogen and oxygen atoms in total. The van der Waals surface area contributed by atoms with Crippen molar-refractivity contribution in [3.8, 4) is 0 Å². The van der Waals surface area contributed by atoms with Gasteiger partial charge in [-0.2, -0.15) is 0 Å². The topological polar surface area (TPSA) is 87.0 Å². The first kappa shape index (κ1) is 18.2. The highest BCUT2D eigenvalue weighted by molar-refractivity contribution is 5.62. The van der Waals surface area contributed by atoms with Crippen molar-refractivity contribution in [2.75, 3.05) is 14.2 Å². The number of ether oxygens (including phenoxy) is 1. The van der Waals surface area contributed by atoms with E-state index in [0.29, 0.717) is 0 Å². The zero-order chi connectivity index (χ0) is 11.4. The Morgan fingerprint density at radius 2 is 1.23 bits per heavy atom. The molecule has 5 heteroatoms. The number of methoxy groups -OCH3 is 1. The number of carboxylic acid groups (broad SMARTS) is 1. The van der Waals surface area contributed by atoms with Crippen molar-refractivity contribution >= 4 is 5.97 Å². The van der Waals surface area contributed by atoms with Crippen molar-refractivity contribution in [3.05, 3.63) is 0 Å². The Morgan fingerprint density at radius 1 is 1.15 bits per heavy atom. The van der Waals surface area contributed by atoms with E-state index < -0.39 is 18.2 Å². The smallest absolute Gasteiger partial charge is 0.300 e. The van der Waals surface area contributed by atoms with Crippen molar-refractivity contribution in [2.24, 2.45) is 0 Å². The van der Waals surface area contributed by atoms with Crippen LogP contribution in [0, 0.1) is 0 Å². The summed E-state index contributed by atoms with van der Waals surface area (Å²) in [6.45, 7) is 4.18. The molecule has 0 fully saturated rings. The largest absolute Gasteiger partial charge is 0.481 e. The fourth-order valence-electron chi connectivity index (χ4n) is 0. The molecular formula is C8H20O5. The van der Waals surface area contributed by atoms with Crippen LogP contribution in [0.25, 0.3) is 0 Å². The molecule has 3 N–H and O–H groups in total. The molecule has 0 aromatic carbocycles. The Labute approximate surface area is 79.0 Å². The Kier molecular flexibility index (Phi) is 19.5. The van der Waals surface area contributed by atoms with Crippen molar-refractivity contribution in [1.82, 2.24) is 0 Å². The Bertz CT molecular complexity index is 90.7. The zero-order valence-corrected chi connectivity index (χ0v) is 8.81. The minimum absolute atomic E-state index is 0.593. The molecular weight excluding hydrogens is 176 g/mol. The molecule has 13 heavy (non-hydrogen) atoms. The molecule has 0 saturated carbocycles. The monoisotopic (exact) mass is 196 g/mol. The first-order valence-electron chi connectivity index (χ1n) is 3.75. The van der Waals surface area contributed by atoms with Crippen LogP contribution in [0.3, 0.4) is 0 Å². The molecule has 0 radical (unpaired) electrons. The number of carboxylic acids is 1. The molecule has 0 saturated heterocycles. The van der Waals surface area contributed by atoms with Gasteiger partial charge in [0.2, 0.25) is 0 Å². The van der Waals surface area contributed by atoms with Crippen LogP contribution in [-0.4, -0.2) is 47.7 Å². The third kappa shape index (κ3) is 88.4. The second-order valence-electron chi connectivity index (χ2n) is 2.41. The molecule has 0 heterocycles. The Morgan fingerprint density at radius 3 is 1.23 bits per heavy atom. The van der Waals surface area contributed by atoms with Crippen molar-refractivity contribution in [3.63, 3.8) is 0 Å². The summed E-state index contributed by atoms with van der Waals surface area (Å²) in [5.74, 6) is -0.833. The highest BCUT2D eigenvalue weighted by Crippen LogP contribution is 1.85. The summed E-state index contributed by atoms with van der Waals surface area (Å²) in [6, 6.07) is 0. The number of rotatable bonds is 1. The maximum absolute atomic E-state index is 9.00. The highest BCUT2D eigenvalue weighted by atomic mass is 16.4. The van der Waals surface area contributed by atoms with Gasteiger partial charge in [-0.05, 0) is 13.8 Å². The predicted octanol–water partition coefficient (Wildman–Crippen LogP) is 0.101. The van der Waals surface area contributed by atoms with E-state index in [2.05, 4.69) is 4.74 Å². The van der Waals surface area contributed by atoms with Gasteiger partial charge in [0.25, 0.3) is 5.97 Å². The van der Waals surface area contributed by atoms with Crippen molar-refractivity contribution < 1.29 is 24.9 Å². The van der Waals surface area contributed by atoms with Crippen LogP contribution in [0.2, 0.25) is 0 Å². The minimum Gasteiger partial charge on any atom is -0.481 e.